The predicted molar refractivity (Wildman–Crippen MR) is 240 cm³/mol. The molecule has 3 rings (SSSR count). The Balaban J connectivity index is 1.57. The van der Waals surface area contributed by atoms with Crippen LogP contribution in [0.5, 0.6) is 0 Å². The number of amides is 1. The van der Waals surface area contributed by atoms with E-state index in [0.717, 1.165) is 70.6 Å². The van der Waals surface area contributed by atoms with Crippen LogP contribution in [0.3, 0.4) is 0 Å². The van der Waals surface area contributed by atoms with Crippen LogP contribution in [0.15, 0.2) is 12.2 Å². The molecule has 0 aromatic heterocycles. The topological polar surface area (TPSA) is 307 Å². The van der Waals surface area contributed by atoms with Gasteiger partial charge in [0.1, 0.15) is 73.2 Å². The molecule has 0 bridgehead atoms. The summed E-state index contributed by atoms with van der Waals surface area (Å²) in [4.78, 5) is 13.2. The van der Waals surface area contributed by atoms with E-state index in [9.17, 15) is 61.0 Å². The fourth-order valence-corrected chi connectivity index (χ4v) is 8.61. The van der Waals surface area contributed by atoms with Gasteiger partial charge in [-0.15, -0.1) is 0 Å². The van der Waals surface area contributed by atoms with Gasteiger partial charge in [-0.2, -0.15) is 0 Å². The van der Waals surface area contributed by atoms with Gasteiger partial charge in [0.2, 0.25) is 5.91 Å². The van der Waals surface area contributed by atoms with Crippen LogP contribution >= 0.6 is 0 Å². The van der Waals surface area contributed by atoms with Crippen LogP contribution in [-0.2, 0) is 33.2 Å². The first-order valence-corrected chi connectivity index (χ1v) is 24.9. The van der Waals surface area contributed by atoms with Crippen molar-refractivity contribution >= 4 is 5.91 Å². The molecule has 66 heavy (non-hydrogen) atoms. The highest BCUT2D eigenvalue weighted by Crippen LogP contribution is 2.33. The molecule has 17 atom stereocenters. The molecule has 3 heterocycles. The van der Waals surface area contributed by atoms with E-state index in [0.29, 0.717) is 12.8 Å². The Morgan fingerprint density at radius 2 is 0.985 bits per heavy atom. The van der Waals surface area contributed by atoms with Crippen molar-refractivity contribution in [3.8, 4) is 0 Å². The average Bonchev–Trinajstić information content (AvgIpc) is 3.31. The number of allylic oxidation sites excluding steroid dienone is 2. The lowest BCUT2D eigenvalue weighted by Crippen LogP contribution is -2.66. The Hall–Kier alpha value is -1.47. The summed E-state index contributed by atoms with van der Waals surface area (Å²) >= 11 is 0. The first-order valence-electron chi connectivity index (χ1n) is 24.9. The minimum atomic E-state index is -1.97. The molecule has 3 fully saturated rings. The molecule has 0 spiro atoms. The van der Waals surface area contributed by atoms with E-state index in [1.807, 2.05) is 0 Å². The number of ether oxygens (including phenoxy) is 6. The summed E-state index contributed by atoms with van der Waals surface area (Å²) in [5.74, 6) is -0.258. The predicted octanol–water partition coefficient (Wildman–Crippen LogP) is 1.09. The van der Waals surface area contributed by atoms with Gasteiger partial charge in [-0.25, -0.2) is 0 Å². The number of aliphatic hydroxyl groups is 11. The summed E-state index contributed by atoms with van der Waals surface area (Å²) in [6, 6.07) is -0.883. The van der Waals surface area contributed by atoms with Crippen molar-refractivity contribution in [3.63, 3.8) is 0 Å². The lowest BCUT2D eigenvalue weighted by molar-refractivity contribution is -0.379. The molecule has 17 unspecified atom stereocenters. The molecule has 0 radical (unpaired) electrons. The van der Waals surface area contributed by atoms with Crippen molar-refractivity contribution in [2.45, 2.75) is 253 Å². The largest absolute Gasteiger partial charge is 0.394 e. The zero-order chi connectivity index (χ0) is 48.4. The molecule has 3 aliphatic heterocycles. The minimum absolute atomic E-state index is 0.256. The van der Waals surface area contributed by atoms with Crippen LogP contribution in [0.4, 0.5) is 0 Å². The van der Waals surface area contributed by atoms with Gasteiger partial charge in [0, 0.05) is 6.42 Å². The number of carbonyl (C=O) groups excluding carboxylic acids is 1. The molecule has 0 aromatic carbocycles. The molecule has 19 heteroatoms. The maximum absolute atomic E-state index is 13.2. The number of aliphatic hydroxyl groups excluding tert-OH is 11. The van der Waals surface area contributed by atoms with Gasteiger partial charge < -0.3 is 89.9 Å². The molecule has 1 amide bonds. The molecule has 19 nitrogen and oxygen atoms in total. The first kappa shape index (κ1) is 58.8. The number of unbranched alkanes of at least 4 members (excludes halogenated alkanes) is 16. The highest BCUT2D eigenvalue weighted by Gasteiger charge is 2.53. The van der Waals surface area contributed by atoms with E-state index < -0.39 is 124 Å². The summed E-state index contributed by atoms with van der Waals surface area (Å²) < 4.78 is 34.1. The molecular weight excluding hydrogens is 867 g/mol. The molecule has 0 saturated carbocycles. The number of hydrogen-bond donors (Lipinski definition) is 12. The highest BCUT2D eigenvalue weighted by atomic mass is 16.8. The van der Waals surface area contributed by atoms with Gasteiger partial charge in [0.05, 0.1) is 38.6 Å². The van der Waals surface area contributed by atoms with E-state index in [-0.39, 0.29) is 18.9 Å². The fraction of sp³-hybridized carbons (Fsp3) is 0.936. The molecule has 3 saturated heterocycles. The van der Waals surface area contributed by atoms with Gasteiger partial charge in [-0.1, -0.05) is 122 Å². The average molecular weight is 954 g/mol. The van der Waals surface area contributed by atoms with Crippen molar-refractivity contribution in [3.05, 3.63) is 12.2 Å². The lowest BCUT2D eigenvalue weighted by Gasteiger charge is -2.48. The van der Waals surface area contributed by atoms with Gasteiger partial charge in [-0.3, -0.25) is 4.79 Å². The van der Waals surface area contributed by atoms with Gasteiger partial charge in [0.25, 0.3) is 0 Å². The summed E-state index contributed by atoms with van der Waals surface area (Å²) in [6.45, 7) is 1.66. The number of hydrogen-bond acceptors (Lipinski definition) is 18. The van der Waals surface area contributed by atoms with Gasteiger partial charge in [0.15, 0.2) is 18.9 Å². The van der Waals surface area contributed by atoms with Crippen molar-refractivity contribution in [2.75, 3.05) is 26.4 Å². The quantitative estimate of drug-likeness (QED) is 0.0317. The van der Waals surface area contributed by atoms with E-state index in [4.69, 9.17) is 28.4 Å². The normalized spacial score (nSPS) is 33.9. The zero-order valence-electron chi connectivity index (χ0n) is 39.4. The Labute approximate surface area is 391 Å². The molecule has 0 aliphatic carbocycles. The number of nitrogens with one attached hydrogen (secondary N) is 1. The lowest BCUT2D eigenvalue weighted by atomic mass is 9.96. The summed E-state index contributed by atoms with van der Waals surface area (Å²) in [6.07, 6.45) is -0.871. The van der Waals surface area contributed by atoms with Crippen molar-refractivity contribution in [1.82, 2.24) is 5.32 Å². The fourth-order valence-electron chi connectivity index (χ4n) is 8.61. The highest BCUT2D eigenvalue weighted by molar-refractivity contribution is 5.76. The Morgan fingerprint density at radius 3 is 1.53 bits per heavy atom. The minimum Gasteiger partial charge on any atom is -0.394 e. The Morgan fingerprint density at radius 1 is 0.530 bits per heavy atom. The molecule has 388 valence electrons. The van der Waals surface area contributed by atoms with E-state index in [1.54, 1.807) is 0 Å². The van der Waals surface area contributed by atoms with E-state index in [1.165, 1.54) is 44.9 Å². The Bertz CT molecular complexity index is 1280. The van der Waals surface area contributed by atoms with Gasteiger partial charge in [-0.05, 0) is 32.1 Å². The second-order valence-electron chi connectivity index (χ2n) is 18.3. The third-order valence-electron chi connectivity index (χ3n) is 12.8. The second-order valence-corrected chi connectivity index (χ2v) is 18.3. The summed E-state index contributed by atoms with van der Waals surface area (Å²) in [5.41, 5.74) is 0. The standard InChI is InChI=1S/C47H87NO18/c1-3-5-7-9-11-13-15-16-18-20-22-24-31(52)30(48-35(53)25-23-21-19-17-14-12-10-8-6-4-2)29-61-45-41(59)38(56)43(33(27-50)63-45)66-47-42(60)39(57)44(34(28-51)64-47)65-46-40(58)37(55)36(54)32(26-49)62-46/h8,10,30-34,36-47,49-52,54-60H,3-7,9,11-29H2,1-2H3,(H,48,53)/b10-8-. The molecule has 3 aliphatic rings. The number of rotatable bonds is 34. The monoisotopic (exact) mass is 954 g/mol. The maximum atomic E-state index is 13.2. The van der Waals surface area contributed by atoms with Crippen LogP contribution in [-0.4, -0.2) is 193 Å². The number of carbonyl (C=O) groups is 1. The molecule has 0 aromatic rings. The SMILES string of the molecule is CCC/C=C\CCCCCCCC(=O)NC(COC1OC(CO)C(OC2OC(CO)C(OC3OC(CO)C(O)C(O)C3O)C(O)C2O)C(O)C1O)C(O)CCCCCCCCCCCCC. The summed E-state index contributed by atoms with van der Waals surface area (Å²) in [7, 11) is 0. The van der Waals surface area contributed by atoms with Gasteiger partial charge >= 0.3 is 0 Å². The molecule has 12 N–H and O–H groups in total. The van der Waals surface area contributed by atoms with Crippen LogP contribution in [0.25, 0.3) is 0 Å². The smallest absolute Gasteiger partial charge is 0.220 e. The molecular formula is C47H87NO18. The first-order chi connectivity index (χ1) is 31.8. The third kappa shape index (κ3) is 19.4. The summed E-state index contributed by atoms with van der Waals surface area (Å²) in [5, 5.41) is 119. The van der Waals surface area contributed by atoms with Crippen molar-refractivity contribution in [2.24, 2.45) is 0 Å². The zero-order valence-corrected chi connectivity index (χ0v) is 39.4. The third-order valence-corrected chi connectivity index (χ3v) is 12.8. The maximum Gasteiger partial charge on any atom is 0.220 e. The van der Waals surface area contributed by atoms with Crippen LogP contribution < -0.4 is 5.32 Å². The Kier molecular flexibility index (Phi) is 29.6. The van der Waals surface area contributed by atoms with Crippen molar-refractivity contribution in [1.29, 1.82) is 0 Å². The van der Waals surface area contributed by atoms with E-state index >= 15 is 0 Å². The van der Waals surface area contributed by atoms with Crippen LogP contribution in [0, 0.1) is 0 Å². The van der Waals surface area contributed by atoms with E-state index in [2.05, 4.69) is 31.3 Å². The van der Waals surface area contributed by atoms with Crippen molar-refractivity contribution < 1.29 is 89.4 Å². The van der Waals surface area contributed by atoms with Crippen LogP contribution in [0.2, 0.25) is 0 Å². The van der Waals surface area contributed by atoms with Crippen LogP contribution in [0.1, 0.15) is 149 Å². The second kappa shape index (κ2) is 33.2.